The van der Waals surface area contributed by atoms with E-state index in [1.165, 1.54) is 5.56 Å². The Balaban J connectivity index is 2.12. The molecule has 1 aromatic carbocycles. The number of halogens is 1. The molecule has 98 valence electrons. The summed E-state index contributed by atoms with van der Waals surface area (Å²) in [6.45, 7) is 4.13. The Labute approximate surface area is 124 Å². The van der Waals surface area contributed by atoms with Crippen LogP contribution in [0.3, 0.4) is 0 Å². The number of hydrogen-bond acceptors (Lipinski definition) is 3. The molecule has 1 atom stereocenters. The van der Waals surface area contributed by atoms with Crippen molar-refractivity contribution in [3.63, 3.8) is 0 Å². The van der Waals surface area contributed by atoms with Crippen molar-refractivity contribution >= 4 is 38.2 Å². The number of aryl methyl sites for hydroxylation is 2. The first-order chi connectivity index (χ1) is 9.06. The Morgan fingerprint density at radius 2 is 2.00 bits per heavy atom. The standard InChI is InChI=1S/C15H14BrNOS/c1-8-3-4-10-9(2)15(18-11(10)7-8)14(17)12-5-6-13(16)19-12/h3-7,14H,17H2,1-2H3. The quantitative estimate of drug-likeness (QED) is 0.721. The lowest BCUT2D eigenvalue weighted by Crippen LogP contribution is -2.10. The molecule has 0 spiro atoms. The van der Waals surface area contributed by atoms with Gasteiger partial charge in [-0.05, 0) is 53.5 Å². The van der Waals surface area contributed by atoms with E-state index in [0.29, 0.717) is 0 Å². The lowest BCUT2D eigenvalue weighted by Gasteiger charge is -2.07. The second-order valence-corrected chi connectivity index (χ2v) is 7.21. The summed E-state index contributed by atoms with van der Waals surface area (Å²) in [5.41, 5.74) is 9.57. The van der Waals surface area contributed by atoms with E-state index >= 15 is 0 Å². The topological polar surface area (TPSA) is 39.2 Å². The molecule has 0 radical (unpaired) electrons. The van der Waals surface area contributed by atoms with Crippen LogP contribution >= 0.6 is 27.3 Å². The molecular formula is C15H14BrNOS. The van der Waals surface area contributed by atoms with Crippen LogP contribution in [-0.4, -0.2) is 0 Å². The van der Waals surface area contributed by atoms with Crippen LogP contribution in [0, 0.1) is 13.8 Å². The van der Waals surface area contributed by atoms with Crippen molar-refractivity contribution in [2.75, 3.05) is 0 Å². The van der Waals surface area contributed by atoms with E-state index < -0.39 is 0 Å². The van der Waals surface area contributed by atoms with Crippen molar-refractivity contribution in [2.45, 2.75) is 19.9 Å². The molecule has 2 nitrogen and oxygen atoms in total. The van der Waals surface area contributed by atoms with Gasteiger partial charge in [0, 0.05) is 15.8 Å². The lowest BCUT2D eigenvalue weighted by molar-refractivity contribution is 0.523. The van der Waals surface area contributed by atoms with Crippen molar-refractivity contribution in [3.05, 3.63) is 55.9 Å². The molecule has 0 fully saturated rings. The van der Waals surface area contributed by atoms with Gasteiger partial charge in [-0.25, -0.2) is 0 Å². The molecule has 0 aliphatic heterocycles. The van der Waals surface area contributed by atoms with Crippen LogP contribution in [0.2, 0.25) is 0 Å². The molecule has 3 aromatic rings. The highest BCUT2D eigenvalue weighted by molar-refractivity contribution is 9.11. The zero-order valence-corrected chi connectivity index (χ0v) is 13.1. The minimum Gasteiger partial charge on any atom is -0.459 e. The maximum Gasteiger partial charge on any atom is 0.134 e. The first-order valence-electron chi connectivity index (χ1n) is 6.06. The highest BCUT2D eigenvalue weighted by atomic mass is 79.9. The molecule has 0 aliphatic rings. The smallest absolute Gasteiger partial charge is 0.134 e. The predicted octanol–water partition coefficient (Wildman–Crippen LogP) is 4.92. The van der Waals surface area contributed by atoms with Gasteiger partial charge in [0.25, 0.3) is 0 Å². The third-order valence-corrected chi connectivity index (χ3v) is 5.02. The average molecular weight is 336 g/mol. The minimum absolute atomic E-state index is 0.205. The Bertz CT molecular complexity index is 744. The zero-order valence-electron chi connectivity index (χ0n) is 10.7. The van der Waals surface area contributed by atoms with Gasteiger partial charge in [-0.15, -0.1) is 11.3 Å². The first-order valence-corrected chi connectivity index (χ1v) is 7.67. The van der Waals surface area contributed by atoms with Gasteiger partial charge in [0.15, 0.2) is 0 Å². The molecule has 19 heavy (non-hydrogen) atoms. The maximum absolute atomic E-state index is 6.33. The Morgan fingerprint density at radius 1 is 1.21 bits per heavy atom. The van der Waals surface area contributed by atoms with Crippen LogP contribution in [0.4, 0.5) is 0 Å². The zero-order chi connectivity index (χ0) is 13.6. The Hall–Kier alpha value is -1.10. The number of fused-ring (bicyclic) bond motifs is 1. The molecule has 0 saturated heterocycles. The molecular weight excluding hydrogens is 322 g/mol. The van der Waals surface area contributed by atoms with Gasteiger partial charge in [-0.1, -0.05) is 12.1 Å². The second kappa shape index (κ2) is 4.78. The number of furan rings is 1. The van der Waals surface area contributed by atoms with Crippen molar-refractivity contribution in [1.29, 1.82) is 0 Å². The number of hydrogen-bond donors (Lipinski definition) is 1. The number of thiophene rings is 1. The summed E-state index contributed by atoms with van der Waals surface area (Å²) in [7, 11) is 0. The van der Waals surface area contributed by atoms with Crippen LogP contribution in [-0.2, 0) is 0 Å². The molecule has 2 heterocycles. The van der Waals surface area contributed by atoms with Crippen LogP contribution in [0.1, 0.15) is 27.8 Å². The van der Waals surface area contributed by atoms with Crippen LogP contribution in [0.25, 0.3) is 11.0 Å². The van der Waals surface area contributed by atoms with Gasteiger partial charge < -0.3 is 10.2 Å². The molecule has 3 rings (SSSR count). The summed E-state index contributed by atoms with van der Waals surface area (Å²) >= 11 is 5.11. The predicted molar refractivity (Wildman–Crippen MR) is 83.7 cm³/mol. The van der Waals surface area contributed by atoms with E-state index in [0.717, 1.165) is 31.0 Å². The molecule has 0 aliphatic carbocycles. The van der Waals surface area contributed by atoms with Crippen molar-refractivity contribution < 1.29 is 4.42 Å². The molecule has 2 aromatic heterocycles. The summed E-state index contributed by atoms with van der Waals surface area (Å²) in [5, 5.41) is 1.15. The molecule has 0 saturated carbocycles. The Morgan fingerprint density at radius 3 is 2.68 bits per heavy atom. The highest BCUT2D eigenvalue weighted by Gasteiger charge is 2.19. The molecule has 0 bridgehead atoms. The summed E-state index contributed by atoms with van der Waals surface area (Å²) in [6.07, 6.45) is 0. The molecule has 1 unspecified atom stereocenters. The van der Waals surface area contributed by atoms with Gasteiger partial charge >= 0.3 is 0 Å². The van der Waals surface area contributed by atoms with E-state index in [2.05, 4.69) is 48.0 Å². The first kappa shape index (κ1) is 12.9. The lowest BCUT2D eigenvalue weighted by atomic mass is 10.1. The molecule has 4 heteroatoms. The summed E-state index contributed by atoms with van der Waals surface area (Å²) in [6, 6.07) is 10.1. The van der Waals surface area contributed by atoms with Gasteiger partial charge in [-0.2, -0.15) is 0 Å². The van der Waals surface area contributed by atoms with E-state index in [9.17, 15) is 0 Å². The van der Waals surface area contributed by atoms with Gasteiger partial charge in [0.1, 0.15) is 11.3 Å². The second-order valence-electron chi connectivity index (χ2n) is 4.71. The summed E-state index contributed by atoms with van der Waals surface area (Å²) in [5.74, 6) is 0.856. The SMILES string of the molecule is Cc1ccc2c(C)c(C(N)c3ccc(Br)s3)oc2c1. The largest absolute Gasteiger partial charge is 0.459 e. The van der Waals surface area contributed by atoms with E-state index in [1.54, 1.807) is 11.3 Å². The fourth-order valence-electron chi connectivity index (χ4n) is 2.27. The van der Waals surface area contributed by atoms with E-state index in [1.807, 2.05) is 12.1 Å². The molecule has 2 N–H and O–H groups in total. The van der Waals surface area contributed by atoms with Gasteiger partial charge in [0.2, 0.25) is 0 Å². The van der Waals surface area contributed by atoms with E-state index in [-0.39, 0.29) is 6.04 Å². The van der Waals surface area contributed by atoms with Crippen LogP contribution in [0.5, 0.6) is 0 Å². The van der Waals surface area contributed by atoms with Crippen LogP contribution < -0.4 is 5.73 Å². The van der Waals surface area contributed by atoms with Gasteiger partial charge in [0.05, 0.1) is 9.83 Å². The van der Waals surface area contributed by atoms with Crippen molar-refractivity contribution in [1.82, 2.24) is 0 Å². The van der Waals surface area contributed by atoms with Gasteiger partial charge in [-0.3, -0.25) is 0 Å². The highest BCUT2D eigenvalue weighted by Crippen LogP contribution is 2.35. The fraction of sp³-hybridized carbons (Fsp3) is 0.200. The summed E-state index contributed by atoms with van der Waals surface area (Å²) in [4.78, 5) is 1.10. The maximum atomic E-state index is 6.33. The Kier molecular flexibility index (Phi) is 3.25. The normalized spacial score (nSPS) is 13.1. The summed E-state index contributed by atoms with van der Waals surface area (Å²) < 4.78 is 7.06. The molecule has 0 amide bonds. The third kappa shape index (κ3) is 2.24. The average Bonchev–Trinajstić information content (AvgIpc) is 2.93. The number of nitrogens with two attached hydrogens (primary N) is 1. The van der Waals surface area contributed by atoms with Crippen molar-refractivity contribution in [3.8, 4) is 0 Å². The minimum atomic E-state index is -0.205. The number of benzene rings is 1. The fourth-order valence-corrected chi connectivity index (χ4v) is 3.70. The number of rotatable bonds is 2. The monoisotopic (exact) mass is 335 g/mol. The van der Waals surface area contributed by atoms with Crippen molar-refractivity contribution in [2.24, 2.45) is 5.73 Å². The van der Waals surface area contributed by atoms with E-state index in [4.69, 9.17) is 10.2 Å². The van der Waals surface area contributed by atoms with Crippen LogP contribution in [0.15, 0.2) is 38.5 Å². The third-order valence-electron chi connectivity index (χ3n) is 3.31.